The highest BCUT2D eigenvalue weighted by atomic mass is 19.3. The van der Waals surface area contributed by atoms with Crippen LogP contribution in [-0.2, 0) is 6.42 Å². The molecule has 0 atom stereocenters. The van der Waals surface area contributed by atoms with E-state index in [4.69, 9.17) is 0 Å². The minimum absolute atomic E-state index is 0.288. The highest BCUT2D eigenvalue weighted by molar-refractivity contribution is 5.72. The second-order valence-corrected chi connectivity index (χ2v) is 7.00. The molecule has 0 aliphatic carbocycles. The van der Waals surface area contributed by atoms with Crippen LogP contribution in [0, 0.1) is 11.6 Å². The summed E-state index contributed by atoms with van der Waals surface area (Å²) >= 11 is 0. The Hall–Kier alpha value is -3.34. The summed E-state index contributed by atoms with van der Waals surface area (Å²) in [6.45, 7) is 2.15. The third kappa shape index (κ3) is 6.32. The van der Waals surface area contributed by atoms with Gasteiger partial charge in [-0.1, -0.05) is 74.0 Å². The van der Waals surface area contributed by atoms with Crippen molar-refractivity contribution in [3.05, 3.63) is 101 Å². The molecule has 1 nitrogen and oxygen atoms in total. The quantitative estimate of drug-likeness (QED) is 0.202. The van der Waals surface area contributed by atoms with Gasteiger partial charge in [0.25, 0.3) is 6.43 Å². The Kier molecular flexibility index (Phi) is 7.65. The standard InChI is InChI=1S/C26H22F4O/c1-2-3-18-6-10-21(11-7-18)22-12-8-19(9-13-22)4-5-20-16-23(27)26(24(28)17-20)31-15-14-25(29)30/h4-17,25H,2-3H2,1H3/b5-4+,15-14+. The van der Waals surface area contributed by atoms with Crippen molar-refractivity contribution in [3.8, 4) is 16.9 Å². The van der Waals surface area contributed by atoms with Crippen molar-refractivity contribution in [2.45, 2.75) is 26.2 Å². The monoisotopic (exact) mass is 426 g/mol. The Bertz CT molecular complexity index is 1030. The molecule has 31 heavy (non-hydrogen) atoms. The normalized spacial score (nSPS) is 11.7. The Morgan fingerprint density at radius 2 is 1.35 bits per heavy atom. The number of hydrogen-bond acceptors (Lipinski definition) is 1. The van der Waals surface area contributed by atoms with Crippen LogP contribution in [0.2, 0.25) is 0 Å². The Morgan fingerprint density at radius 1 is 0.806 bits per heavy atom. The molecule has 5 heteroatoms. The van der Waals surface area contributed by atoms with E-state index in [1.54, 1.807) is 12.2 Å². The number of ether oxygens (including phenoxy) is 1. The largest absolute Gasteiger partial charge is 0.459 e. The van der Waals surface area contributed by atoms with Crippen LogP contribution in [0.5, 0.6) is 5.75 Å². The third-order valence-electron chi connectivity index (χ3n) is 4.64. The van der Waals surface area contributed by atoms with Gasteiger partial charge in [0.2, 0.25) is 0 Å². The first kappa shape index (κ1) is 22.3. The van der Waals surface area contributed by atoms with Crippen LogP contribution in [0.15, 0.2) is 73.0 Å². The van der Waals surface area contributed by atoms with Gasteiger partial charge in [0.1, 0.15) is 0 Å². The molecule has 0 unspecified atom stereocenters. The van der Waals surface area contributed by atoms with Crippen LogP contribution < -0.4 is 4.74 Å². The summed E-state index contributed by atoms with van der Waals surface area (Å²) in [5, 5.41) is 0. The summed E-state index contributed by atoms with van der Waals surface area (Å²) in [4.78, 5) is 0. The van der Waals surface area contributed by atoms with Crippen molar-refractivity contribution < 1.29 is 22.3 Å². The van der Waals surface area contributed by atoms with Gasteiger partial charge in [-0.25, -0.2) is 17.6 Å². The van der Waals surface area contributed by atoms with E-state index in [1.807, 2.05) is 24.3 Å². The van der Waals surface area contributed by atoms with Gasteiger partial charge >= 0.3 is 0 Å². The fourth-order valence-corrected chi connectivity index (χ4v) is 3.09. The van der Waals surface area contributed by atoms with E-state index in [9.17, 15) is 17.6 Å². The van der Waals surface area contributed by atoms with Gasteiger partial charge in [-0.3, -0.25) is 0 Å². The van der Waals surface area contributed by atoms with E-state index in [2.05, 4.69) is 35.9 Å². The zero-order valence-corrected chi connectivity index (χ0v) is 17.0. The maximum atomic E-state index is 14.1. The minimum atomic E-state index is -2.76. The highest BCUT2D eigenvalue weighted by Gasteiger charge is 2.11. The number of alkyl halides is 2. The first-order chi connectivity index (χ1) is 15.0. The smallest absolute Gasteiger partial charge is 0.260 e. The lowest BCUT2D eigenvalue weighted by molar-refractivity contribution is 0.200. The summed E-state index contributed by atoms with van der Waals surface area (Å²) in [6.07, 6.45) is 3.68. The molecule has 160 valence electrons. The molecule has 0 amide bonds. The molecule has 0 saturated heterocycles. The molecule has 0 aromatic heterocycles. The average molecular weight is 426 g/mol. The molecule has 0 N–H and O–H groups in total. The van der Waals surface area contributed by atoms with Crippen molar-refractivity contribution in [1.29, 1.82) is 0 Å². The van der Waals surface area contributed by atoms with Crippen LogP contribution >= 0.6 is 0 Å². The zero-order chi connectivity index (χ0) is 22.2. The molecule has 3 aromatic rings. The van der Waals surface area contributed by atoms with Crippen molar-refractivity contribution in [2.24, 2.45) is 0 Å². The predicted molar refractivity (Wildman–Crippen MR) is 117 cm³/mol. The fourth-order valence-electron chi connectivity index (χ4n) is 3.09. The summed E-state index contributed by atoms with van der Waals surface area (Å²) in [7, 11) is 0. The van der Waals surface area contributed by atoms with Crippen LogP contribution in [-0.4, -0.2) is 6.43 Å². The number of halogens is 4. The lowest BCUT2D eigenvalue weighted by atomic mass is 10.0. The molecule has 0 heterocycles. The average Bonchev–Trinajstić information content (AvgIpc) is 2.75. The van der Waals surface area contributed by atoms with Crippen molar-refractivity contribution in [2.75, 3.05) is 0 Å². The topological polar surface area (TPSA) is 9.23 Å². The van der Waals surface area contributed by atoms with Crippen LogP contribution in [0.3, 0.4) is 0 Å². The lowest BCUT2D eigenvalue weighted by Gasteiger charge is -2.06. The van der Waals surface area contributed by atoms with Crippen LogP contribution in [0.4, 0.5) is 17.6 Å². The molecule has 0 saturated carbocycles. The summed E-state index contributed by atoms with van der Waals surface area (Å²) in [5.74, 6) is -2.66. The van der Waals surface area contributed by atoms with E-state index in [0.29, 0.717) is 12.3 Å². The van der Waals surface area contributed by atoms with E-state index < -0.39 is 23.8 Å². The summed E-state index contributed by atoms with van der Waals surface area (Å²) in [5.41, 5.74) is 4.67. The molecule has 3 aromatic carbocycles. The second-order valence-electron chi connectivity index (χ2n) is 7.00. The zero-order valence-electron chi connectivity index (χ0n) is 17.0. The lowest BCUT2D eigenvalue weighted by Crippen LogP contribution is -1.94. The number of aryl methyl sites for hydroxylation is 1. The van der Waals surface area contributed by atoms with Crippen LogP contribution in [0.1, 0.15) is 30.0 Å². The molecule has 0 aliphatic heterocycles. The maximum Gasteiger partial charge on any atom is 0.260 e. The molecular formula is C26H22F4O. The van der Waals surface area contributed by atoms with Gasteiger partial charge in [-0.05, 0) is 46.4 Å². The molecule has 3 rings (SSSR count). The number of rotatable bonds is 8. The summed E-state index contributed by atoms with van der Waals surface area (Å²) < 4.78 is 56.9. The van der Waals surface area contributed by atoms with Gasteiger partial charge in [0.15, 0.2) is 17.4 Å². The van der Waals surface area contributed by atoms with E-state index >= 15 is 0 Å². The molecule has 0 radical (unpaired) electrons. The number of allylic oxidation sites excluding steroid dienone is 1. The molecule has 0 spiro atoms. The molecular weight excluding hydrogens is 404 g/mol. The second kappa shape index (κ2) is 10.6. The first-order valence-electron chi connectivity index (χ1n) is 9.94. The highest BCUT2D eigenvalue weighted by Crippen LogP contribution is 2.25. The fraction of sp³-hybridized carbons (Fsp3) is 0.154. The maximum absolute atomic E-state index is 14.1. The first-order valence-corrected chi connectivity index (χ1v) is 9.94. The molecule has 0 fully saturated rings. The van der Waals surface area contributed by atoms with E-state index in [-0.39, 0.29) is 5.56 Å². The number of hydrogen-bond donors (Lipinski definition) is 0. The SMILES string of the molecule is CCCc1ccc(-c2ccc(/C=C/c3cc(F)c(O/C=C/C(F)F)c(F)c3)cc2)cc1. The third-order valence-corrected chi connectivity index (χ3v) is 4.64. The van der Waals surface area contributed by atoms with E-state index in [0.717, 1.165) is 41.7 Å². The predicted octanol–water partition coefficient (Wildman–Crippen LogP) is 7.91. The van der Waals surface area contributed by atoms with Gasteiger partial charge < -0.3 is 4.74 Å². The van der Waals surface area contributed by atoms with Gasteiger partial charge in [0, 0.05) is 6.08 Å². The van der Waals surface area contributed by atoms with Crippen molar-refractivity contribution >= 4 is 12.2 Å². The van der Waals surface area contributed by atoms with Crippen molar-refractivity contribution in [3.63, 3.8) is 0 Å². The van der Waals surface area contributed by atoms with Crippen LogP contribution in [0.25, 0.3) is 23.3 Å². The Balaban J connectivity index is 1.70. The van der Waals surface area contributed by atoms with Gasteiger partial charge in [0.05, 0.1) is 6.26 Å². The van der Waals surface area contributed by atoms with E-state index in [1.165, 1.54) is 5.56 Å². The van der Waals surface area contributed by atoms with Gasteiger partial charge in [-0.15, -0.1) is 0 Å². The Morgan fingerprint density at radius 3 is 1.90 bits per heavy atom. The minimum Gasteiger partial charge on any atom is -0.459 e. The number of benzene rings is 3. The Labute approximate surface area is 179 Å². The summed E-state index contributed by atoms with van der Waals surface area (Å²) in [6, 6.07) is 18.4. The molecule has 0 bridgehead atoms. The van der Waals surface area contributed by atoms with Crippen molar-refractivity contribution in [1.82, 2.24) is 0 Å². The molecule has 0 aliphatic rings. The van der Waals surface area contributed by atoms with Gasteiger partial charge in [-0.2, -0.15) is 0 Å².